The monoisotopic (exact) mass is 522 g/mol. The van der Waals surface area contributed by atoms with Crippen LogP contribution in [0.4, 0.5) is 11.6 Å². The molecule has 38 heavy (non-hydrogen) atoms. The third-order valence-corrected chi connectivity index (χ3v) is 6.68. The van der Waals surface area contributed by atoms with E-state index < -0.39 is 22.8 Å². The first kappa shape index (κ1) is 26.7. The molecule has 2 aromatic rings. The molecule has 0 aliphatic carbocycles. The Hall–Kier alpha value is -4.32. The Morgan fingerprint density at radius 3 is 2.29 bits per heavy atom. The molecule has 12 heteroatoms. The lowest BCUT2D eigenvalue weighted by atomic mass is 9.79. The molecule has 1 atom stereocenters. The number of nitrogens with zero attached hydrogens (tertiary/aromatic N) is 5. The molecule has 0 radical (unpaired) electrons. The quantitative estimate of drug-likeness (QED) is 0.310. The van der Waals surface area contributed by atoms with Gasteiger partial charge in [0.15, 0.2) is 0 Å². The van der Waals surface area contributed by atoms with Crippen molar-refractivity contribution >= 4 is 23.6 Å². The molecule has 1 saturated heterocycles. The molecule has 1 aromatic heterocycles. The summed E-state index contributed by atoms with van der Waals surface area (Å²) >= 11 is 0. The fourth-order valence-corrected chi connectivity index (χ4v) is 4.83. The Balaban J connectivity index is 1.48. The average Bonchev–Trinajstić information content (AvgIpc) is 2.93. The van der Waals surface area contributed by atoms with Gasteiger partial charge in [-0.15, -0.1) is 0 Å². The van der Waals surface area contributed by atoms with Gasteiger partial charge in [-0.1, -0.05) is 18.2 Å². The molecule has 0 bridgehead atoms. The van der Waals surface area contributed by atoms with Crippen molar-refractivity contribution in [2.24, 2.45) is 0 Å². The lowest BCUT2D eigenvalue weighted by Crippen LogP contribution is -2.48. The van der Waals surface area contributed by atoms with Crippen molar-refractivity contribution in [3.8, 4) is 0 Å². The van der Waals surface area contributed by atoms with Crippen LogP contribution in [0, 0.1) is 10.1 Å². The van der Waals surface area contributed by atoms with Crippen LogP contribution in [-0.2, 0) is 19.1 Å². The normalized spacial score (nSPS) is 18.2. The van der Waals surface area contributed by atoms with Gasteiger partial charge in [0.05, 0.1) is 29.1 Å². The zero-order valence-corrected chi connectivity index (χ0v) is 21.5. The van der Waals surface area contributed by atoms with Crippen LogP contribution in [0.25, 0.3) is 0 Å². The predicted molar refractivity (Wildman–Crippen MR) is 138 cm³/mol. The average molecular weight is 523 g/mol. The minimum absolute atomic E-state index is 0.122. The first-order valence-electron chi connectivity index (χ1n) is 12.2. The van der Waals surface area contributed by atoms with Crippen LogP contribution in [0.15, 0.2) is 65.3 Å². The largest absolute Gasteiger partial charge is 0.466 e. The number of para-hydroxylation sites is 1. The SMILES string of the molecule is COC(=O)C1=C(C)NC(C)=C(C(=O)OCCN2CCN(c3ncccn3)CC2)C1c1ccccc1[N+](=O)[O-]. The molecule has 1 aromatic carbocycles. The molecule has 12 nitrogen and oxygen atoms in total. The Morgan fingerprint density at radius 2 is 1.66 bits per heavy atom. The van der Waals surface area contributed by atoms with Crippen molar-refractivity contribution in [3.63, 3.8) is 0 Å². The van der Waals surface area contributed by atoms with Crippen molar-refractivity contribution in [1.29, 1.82) is 0 Å². The molecule has 4 rings (SSSR count). The second kappa shape index (κ2) is 11.8. The molecule has 0 saturated carbocycles. The number of carbonyl (C=O) groups excluding carboxylic acids is 2. The van der Waals surface area contributed by atoms with Gasteiger partial charge in [0.25, 0.3) is 5.69 Å². The highest BCUT2D eigenvalue weighted by Crippen LogP contribution is 2.42. The number of esters is 2. The Kier molecular flexibility index (Phi) is 8.31. The van der Waals surface area contributed by atoms with Crippen molar-refractivity contribution in [1.82, 2.24) is 20.2 Å². The van der Waals surface area contributed by atoms with Gasteiger partial charge in [-0.3, -0.25) is 15.0 Å². The molecule has 1 fully saturated rings. The Bertz CT molecular complexity index is 1270. The van der Waals surface area contributed by atoms with Gasteiger partial charge in [-0.25, -0.2) is 19.6 Å². The fourth-order valence-electron chi connectivity index (χ4n) is 4.83. The standard InChI is InChI=1S/C26H30N6O6/c1-17-21(24(33)37-3)23(19-7-4-5-8-20(19)32(35)36)22(18(2)29-17)25(34)38-16-15-30-11-13-31(14-12-30)26-27-9-6-10-28-26/h4-10,23,29H,11-16H2,1-3H3. The van der Waals surface area contributed by atoms with Crippen molar-refractivity contribution < 1.29 is 24.0 Å². The number of hydrogen-bond acceptors (Lipinski definition) is 11. The summed E-state index contributed by atoms with van der Waals surface area (Å²) in [4.78, 5) is 50.3. The van der Waals surface area contributed by atoms with E-state index in [0.29, 0.717) is 23.9 Å². The van der Waals surface area contributed by atoms with Crippen molar-refractivity contribution in [3.05, 3.63) is 80.9 Å². The molecule has 2 aliphatic rings. The Morgan fingerprint density at radius 1 is 1.03 bits per heavy atom. The van der Waals surface area contributed by atoms with E-state index in [4.69, 9.17) is 9.47 Å². The number of hydrogen-bond donors (Lipinski definition) is 1. The number of nitro groups is 1. The first-order chi connectivity index (χ1) is 18.3. The molecule has 2 aliphatic heterocycles. The number of benzene rings is 1. The van der Waals surface area contributed by atoms with Crippen LogP contribution in [-0.4, -0.2) is 78.2 Å². The topological polar surface area (TPSA) is 140 Å². The maximum Gasteiger partial charge on any atom is 0.336 e. The van der Waals surface area contributed by atoms with Gasteiger partial charge < -0.3 is 19.7 Å². The second-order valence-corrected chi connectivity index (χ2v) is 8.96. The molecular formula is C26H30N6O6. The zero-order chi connectivity index (χ0) is 27.2. The number of rotatable bonds is 8. The molecule has 200 valence electrons. The zero-order valence-electron chi connectivity index (χ0n) is 21.5. The van der Waals surface area contributed by atoms with Crippen LogP contribution in [0.3, 0.4) is 0 Å². The number of allylic oxidation sites excluding steroid dienone is 2. The number of nitro benzene ring substituents is 1. The van der Waals surface area contributed by atoms with E-state index in [9.17, 15) is 19.7 Å². The highest BCUT2D eigenvalue weighted by Gasteiger charge is 2.40. The minimum Gasteiger partial charge on any atom is -0.466 e. The lowest BCUT2D eigenvalue weighted by Gasteiger charge is -2.34. The molecule has 1 unspecified atom stereocenters. The summed E-state index contributed by atoms with van der Waals surface area (Å²) in [5.74, 6) is -1.66. The van der Waals surface area contributed by atoms with Gasteiger partial charge in [-0.05, 0) is 19.9 Å². The number of nitrogens with one attached hydrogen (secondary N) is 1. The van der Waals surface area contributed by atoms with Gasteiger partial charge in [0.1, 0.15) is 6.61 Å². The summed E-state index contributed by atoms with van der Waals surface area (Å²) in [6.45, 7) is 7.00. The van der Waals surface area contributed by atoms with E-state index in [2.05, 4.69) is 25.1 Å². The highest BCUT2D eigenvalue weighted by atomic mass is 16.6. The molecule has 0 spiro atoms. The predicted octanol–water partition coefficient (Wildman–Crippen LogP) is 2.16. The van der Waals surface area contributed by atoms with Gasteiger partial charge in [-0.2, -0.15) is 0 Å². The number of piperazine rings is 1. The summed E-state index contributed by atoms with van der Waals surface area (Å²) in [6, 6.07) is 7.84. The maximum absolute atomic E-state index is 13.4. The van der Waals surface area contributed by atoms with Gasteiger partial charge in [0, 0.05) is 68.1 Å². The first-order valence-corrected chi connectivity index (χ1v) is 12.2. The van der Waals surface area contributed by atoms with E-state index >= 15 is 0 Å². The van der Waals surface area contributed by atoms with E-state index in [1.807, 2.05) is 0 Å². The van der Waals surface area contributed by atoms with E-state index in [1.54, 1.807) is 44.4 Å². The summed E-state index contributed by atoms with van der Waals surface area (Å²) in [7, 11) is 1.23. The van der Waals surface area contributed by atoms with Crippen LogP contribution in [0.5, 0.6) is 0 Å². The van der Waals surface area contributed by atoms with Crippen molar-refractivity contribution in [2.75, 3.05) is 51.3 Å². The van der Waals surface area contributed by atoms with E-state index in [1.165, 1.54) is 19.2 Å². The number of anilines is 1. The second-order valence-electron chi connectivity index (χ2n) is 8.96. The molecule has 0 amide bonds. The number of carbonyl (C=O) groups is 2. The van der Waals surface area contributed by atoms with Gasteiger partial charge in [0.2, 0.25) is 5.95 Å². The molecular weight excluding hydrogens is 492 g/mol. The molecule has 1 N–H and O–H groups in total. The Labute approximate surface area is 220 Å². The summed E-state index contributed by atoms with van der Waals surface area (Å²) in [6.07, 6.45) is 3.43. The number of methoxy groups -OCH3 is 1. The third kappa shape index (κ3) is 5.65. The van der Waals surface area contributed by atoms with Crippen LogP contribution in [0.2, 0.25) is 0 Å². The van der Waals surface area contributed by atoms with E-state index in [-0.39, 0.29) is 29.0 Å². The minimum atomic E-state index is -1.02. The summed E-state index contributed by atoms with van der Waals surface area (Å²) in [5, 5.41) is 14.9. The summed E-state index contributed by atoms with van der Waals surface area (Å²) < 4.78 is 10.6. The fraction of sp³-hybridized carbons (Fsp3) is 0.385. The van der Waals surface area contributed by atoms with Crippen LogP contribution in [0.1, 0.15) is 25.3 Å². The third-order valence-electron chi connectivity index (χ3n) is 6.68. The highest BCUT2D eigenvalue weighted by molar-refractivity contribution is 6.00. The smallest absolute Gasteiger partial charge is 0.336 e. The van der Waals surface area contributed by atoms with E-state index in [0.717, 1.165) is 26.2 Å². The maximum atomic E-state index is 13.4. The number of aromatic nitrogens is 2. The molecule has 3 heterocycles. The number of dihydropyridines is 1. The summed E-state index contributed by atoms with van der Waals surface area (Å²) in [5.41, 5.74) is 1.18. The van der Waals surface area contributed by atoms with Crippen LogP contribution >= 0.6 is 0 Å². The number of ether oxygens (including phenoxy) is 2. The van der Waals surface area contributed by atoms with Crippen LogP contribution < -0.4 is 10.2 Å². The van der Waals surface area contributed by atoms with Gasteiger partial charge >= 0.3 is 11.9 Å². The lowest BCUT2D eigenvalue weighted by molar-refractivity contribution is -0.385. The van der Waals surface area contributed by atoms with Crippen molar-refractivity contribution in [2.45, 2.75) is 19.8 Å².